The van der Waals surface area contributed by atoms with Crippen molar-refractivity contribution < 1.29 is 14.3 Å². The van der Waals surface area contributed by atoms with E-state index in [4.69, 9.17) is 4.74 Å². The Bertz CT molecular complexity index is 517. The smallest absolute Gasteiger partial charge is 0.409 e. The van der Waals surface area contributed by atoms with Gasteiger partial charge in [0.1, 0.15) is 0 Å². The van der Waals surface area contributed by atoms with Crippen LogP contribution in [0, 0.1) is 13.8 Å². The molecule has 2 amide bonds. The third-order valence-corrected chi connectivity index (χ3v) is 4.92. The summed E-state index contributed by atoms with van der Waals surface area (Å²) in [4.78, 5) is 33.0. The Kier molecular flexibility index (Phi) is 5.76. The lowest BCUT2D eigenvalue weighted by molar-refractivity contribution is -0.132. The van der Waals surface area contributed by atoms with E-state index in [9.17, 15) is 9.59 Å². The quantitative estimate of drug-likeness (QED) is 0.849. The number of nitrogens with zero attached hydrogens (tertiary/aromatic N) is 3. The molecule has 1 aliphatic heterocycles. The van der Waals surface area contributed by atoms with E-state index >= 15 is 0 Å². The summed E-state index contributed by atoms with van der Waals surface area (Å²) in [6.07, 6.45) is 0.880. The number of aryl methyl sites for hydroxylation is 3. The van der Waals surface area contributed by atoms with Crippen LogP contribution in [0.15, 0.2) is 0 Å². The van der Waals surface area contributed by atoms with Gasteiger partial charge in [-0.3, -0.25) is 4.79 Å². The molecule has 0 aromatic carbocycles. The van der Waals surface area contributed by atoms with E-state index < -0.39 is 0 Å². The van der Waals surface area contributed by atoms with Gasteiger partial charge in [-0.1, -0.05) is 0 Å². The summed E-state index contributed by atoms with van der Waals surface area (Å²) in [5.74, 6) is 0.133. The van der Waals surface area contributed by atoms with E-state index in [1.807, 2.05) is 18.7 Å². The molecule has 1 aromatic heterocycles. The third-order valence-electron chi connectivity index (χ3n) is 3.78. The van der Waals surface area contributed by atoms with E-state index in [2.05, 4.69) is 4.98 Å². The molecule has 0 saturated carbocycles. The fraction of sp³-hybridized carbons (Fsp3) is 0.667. The highest BCUT2D eigenvalue weighted by Gasteiger charge is 2.24. The Morgan fingerprint density at radius 2 is 1.82 bits per heavy atom. The highest BCUT2D eigenvalue weighted by atomic mass is 32.1. The van der Waals surface area contributed by atoms with Gasteiger partial charge < -0.3 is 14.5 Å². The van der Waals surface area contributed by atoms with Gasteiger partial charge in [0.05, 0.1) is 17.3 Å². The summed E-state index contributed by atoms with van der Waals surface area (Å²) in [6.45, 7) is 8.45. The Labute approximate surface area is 135 Å². The van der Waals surface area contributed by atoms with Gasteiger partial charge in [0.25, 0.3) is 0 Å². The van der Waals surface area contributed by atoms with Gasteiger partial charge in [0, 0.05) is 43.9 Å². The highest BCUT2D eigenvalue weighted by Crippen LogP contribution is 2.18. The normalized spacial score (nSPS) is 15.0. The number of hydrogen-bond donors (Lipinski definition) is 0. The molecule has 0 unspecified atom stereocenters. The number of piperazine rings is 1. The molecule has 2 heterocycles. The van der Waals surface area contributed by atoms with Crippen molar-refractivity contribution in [1.29, 1.82) is 0 Å². The molecule has 122 valence electrons. The van der Waals surface area contributed by atoms with Gasteiger partial charge in [-0.05, 0) is 20.8 Å². The van der Waals surface area contributed by atoms with Crippen molar-refractivity contribution >= 4 is 23.3 Å². The number of hydrogen-bond acceptors (Lipinski definition) is 5. The first-order valence-corrected chi connectivity index (χ1v) is 8.45. The number of rotatable bonds is 4. The fourth-order valence-electron chi connectivity index (χ4n) is 2.37. The molecule has 2 rings (SSSR count). The molecular formula is C15H23N3O3S. The van der Waals surface area contributed by atoms with Crippen molar-refractivity contribution in [2.45, 2.75) is 33.6 Å². The average molecular weight is 325 g/mol. The average Bonchev–Trinajstić information content (AvgIpc) is 2.84. The van der Waals surface area contributed by atoms with Crippen LogP contribution in [-0.2, 0) is 16.0 Å². The van der Waals surface area contributed by atoms with Gasteiger partial charge in [-0.2, -0.15) is 0 Å². The predicted octanol–water partition coefficient (Wildman–Crippen LogP) is 1.99. The van der Waals surface area contributed by atoms with Gasteiger partial charge in [-0.15, -0.1) is 11.3 Å². The van der Waals surface area contributed by atoms with E-state index in [-0.39, 0.29) is 12.0 Å². The van der Waals surface area contributed by atoms with Crippen molar-refractivity contribution in [3.63, 3.8) is 0 Å². The minimum atomic E-state index is -0.289. The summed E-state index contributed by atoms with van der Waals surface area (Å²) in [6, 6.07) is 0. The molecule has 0 N–H and O–H groups in total. The number of thiazole rings is 1. The fourth-order valence-corrected chi connectivity index (χ4v) is 3.30. The van der Waals surface area contributed by atoms with Crippen molar-refractivity contribution in [1.82, 2.24) is 14.8 Å². The van der Waals surface area contributed by atoms with Crippen LogP contribution in [-0.4, -0.2) is 59.6 Å². The molecule has 0 spiro atoms. The second-order valence-corrected chi connectivity index (χ2v) is 6.60. The lowest BCUT2D eigenvalue weighted by atomic mass is 10.2. The molecule has 7 heteroatoms. The Balaban J connectivity index is 1.76. The molecule has 1 aliphatic rings. The summed E-state index contributed by atoms with van der Waals surface area (Å²) in [7, 11) is 0. The van der Waals surface area contributed by atoms with Crippen molar-refractivity contribution in [2.75, 3.05) is 32.8 Å². The van der Waals surface area contributed by atoms with Crippen LogP contribution in [0.4, 0.5) is 4.79 Å². The van der Waals surface area contributed by atoms with Crippen LogP contribution in [0.2, 0.25) is 0 Å². The minimum absolute atomic E-state index is 0.133. The lowest BCUT2D eigenvalue weighted by Gasteiger charge is -2.34. The first kappa shape index (κ1) is 16.7. The molecule has 0 aliphatic carbocycles. The first-order valence-electron chi connectivity index (χ1n) is 7.63. The lowest BCUT2D eigenvalue weighted by Crippen LogP contribution is -2.50. The Morgan fingerprint density at radius 1 is 1.18 bits per heavy atom. The molecule has 22 heavy (non-hydrogen) atoms. The van der Waals surface area contributed by atoms with Crippen LogP contribution in [0.5, 0.6) is 0 Å². The standard InChI is InChI=1S/C15H23N3O3S/c1-4-21-15(20)18-9-7-17(8-10-18)14(19)6-5-13-16-11(2)12(3)22-13/h4-10H2,1-3H3. The zero-order chi connectivity index (χ0) is 16.1. The number of ether oxygens (including phenoxy) is 1. The zero-order valence-corrected chi connectivity index (χ0v) is 14.2. The Hall–Kier alpha value is -1.63. The summed E-state index contributed by atoms with van der Waals surface area (Å²) in [5, 5.41) is 1.02. The molecule has 1 aromatic rings. The SMILES string of the molecule is CCOC(=O)N1CCN(C(=O)CCc2nc(C)c(C)s2)CC1. The monoisotopic (exact) mass is 325 g/mol. The van der Waals surface area contributed by atoms with Crippen LogP contribution in [0.25, 0.3) is 0 Å². The summed E-state index contributed by atoms with van der Waals surface area (Å²) < 4.78 is 4.97. The molecular weight excluding hydrogens is 302 g/mol. The second kappa shape index (κ2) is 7.58. The maximum atomic E-state index is 12.2. The van der Waals surface area contributed by atoms with Crippen LogP contribution >= 0.6 is 11.3 Å². The van der Waals surface area contributed by atoms with E-state index in [1.165, 1.54) is 4.88 Å². The van der Waals surface area contributed by atoms with Gasteiger partial charge in [0.15, 0.2) is 0 Å². The molecule has 0 atom stereocenters. The van der Waals surface area contributed by atoms with Crippen molar-refractivity contribution in [3.8, 4) is 0 Å². The van der Waals surface area contributed by atoms with Gasteiger partial charge >= 0.3 is 6.09 Å². The van der Waals surface area contributed by atoms with Crippen LogP contribution in [0.3, 0.4) is 0 Å². The van der Waals surface area contributed by atoms with Gasteiger partial charge in [0.2, 0.25) is 5.91 Å². The van der Waals surface area contributed by atoms with Gasteiger partial charge in [-0.25, -0.2) is 9.78 Å². The third kappa shape index (κ3) is 4.19. The Morgan fingerprint density at radius 3 is 2.36 bits per heavy atom. The molecule has 1 saturated heterocycles. The molecule has 6 nitrogen and oxygen atoms in total. The molecule has 0 radical (unpaired) electrons. The zero-order valence-electron chi connectivity index (χ0n) is 13.4. The minimum Gasteiger partial charge on any atom is -0.450 e. The second-order valence-electron chi connectivity index (χ2n) is 5.32. The topological polar surface area (TPSA) is 62.7 Å². The number of amides is 2. The van der Waals surface area contributed by atoms with E-state index in [0.717, 1.165) is 10.7 Å². The van der Waals surface area contributed by atoms with Crippen molar-refractivity contribution in [2.24, 2.45) is 0 Å². The number of carbonyl (C=O) groups excluding carboxylic acids is 2. The summed E-state index contributed by atoms with van der Waals surface area (Å²) in [5.41, 5.74) is 1.05. The maximum absolute atomic E-state index is 12.2. The number of aromatic nitrogens is 1. The molecule has 0 bridgehead atoms. The van der Waals surface area contributed by atoms with Crippen LogP contribution in [0.1, 0.15) is 28.9 Å². The van der Waals surface area contributed by atoms with Crippen molar-refractivity contribution in [3.05, 3.63) is 15.6 Å². The number of carbonyl (C=O) groups is 2. The predicted molar refractivity (Wildman–Crippen MR) is 85.1 cm³/mol. The maximum Gasteiger partial charge on any atom is 0.409 e. The van der Waals surface area contributed by atoms with Crippen LogP contribution < -0.4 is 0 Å². The first-order chi connectivity index (χ1) is 10.5. The van der Waals surface area contributed by atoms with E-state index in [1.54, 1.807) is 23.2 Å². The molecule has 1 fully saturated rings. The largest absolute Gasteiger partial charge is 0.450 e. The highest BCUT2D eigenvalue weighted by molar-refractivity contribution is 7.11. The summed E-state index contributed by atoms with van der Waals surface area (Å²) >= 11 is 1.66. The van der Waals surface area contributed by atoms with E-state index in [0.29, 0.717) is 45.6 Å².